The number of nitrogens with one attached hydrogen (secondary N) is 1. The Morgan fingerprint density at radius 2 is 2.06 bits per heavy atom. The van der Waals surface area contributed by atoms with Crippen molar-refractivity contribution >= 4 is 0 Å². The molecule has 96 valence electrons. The van der Waals surface area contributed by atoms with E-state index in [-0.39, 0.29) is 6.04 Å². The van der Waals surface area contributed by atoms with Crippen LogP contribution in [0, 0.1) is 0 Å². The minimum Gasteiger partial charge on any atom is -0.508 e. The molecule has 0 saturated heterocycles. The fourth-order valence-corrected chi connectivity index (χ4v) is 1.88. The van der Waals surface area contributed by atoms with E-state index in [0.717, 1.165) is 17.8 Å². The summed E-state index contributed by atoms with van der Waals surface area (Å²) in [5.41, 5.74) is 1.16. The van der Waals surface area contributed by atoms with E-state index in [9.17, 15) is 5.11 Å². The highest BCUT2D eigenvalue weighted by Gasteiger charge is 2.09. The Morgan fingerprint density at radius 1 is 1.33 bits per heavy atom. The highest BCUT2D eigenvalue weighted by atomic mass is 16.3. The standard InChI is InChI=1S/C13H18N4O/c1-3-12(10-4-6-11(18)7-5-10)14-8-13-15-9-17(2)16-13/h4-7,9,12,14,18H,3,8H2,1-2H3. The molecule has 2 aromatic rings. The number of phenols is 1. The average molecular weight is 246 g/mol. The monoisotopic (exact) mass is 246 g/mol. The Morgan fingerprint density at radius 3 is 2.61 bits per heavy atom. The van der Waals surface area contributed by atoms with Gasteiger partial charge in [0.15, 0.2) is 5.82 Å². The number of hydrogen-bond donors (Lipinski definition) is 2. The van der Waals surface area contributed by atoms with E-state index in [1.54, 1.807) is 23.1 Å². The van der Waals surface area contributed by atoms with Crippen LogP contribution in [0.25, 0.3) is 0 Å². The minimum atomic E-state index is 0.245. The zero-order valence-electron chi connectivity index (χ0n) is 10.7. The van der Waals surface area contributed by atoms with Gasteiger partial charge in [0, 0.05) is 13.1 Å². The topological polar surface area (TPSA) is 63.0 Å². The fourth-order valence-electron chi connectivity index (χ4n) is 1.88. The molecule has 2 N–H and O–H groups in total. The molecule has 1 unspecified atom stereocenters. The Kier molecular flexibility index (Phi) is 3.94. The van der Waals surface area contributed by atoms with Crippen LogP contribution in [-0.2, 0) is 13.6 Å². The number of rotatable bonds is 5. The van der Waals surface area contributed by atoms with Gasteiger partial charge in [0.05, 0.1) is 6.54 Å². The van der Waals surface area contributed by atoms with Gasteiger partial charge in [-0.15, -0.1) is 0 Å². The minimum absolute atomic E-state index is 0.245. The Hall–Kier alpha value is -1.88. The molecule has 0 aliphatic carbocycles. The lowest BCUT2D eigenvalue weighted by atomic mass is 10.0. The van der Waals surface area contributed by atoms with Crippen LogP contribution in [0.15, 0.2) is 30.6 Å². The first-order chi connectivity index (χ1) is 8.69. The predicted octanol–water partition coefficient (Wildman–Crippen LogP) is 1.76. The van der Waals surface area contributed by atoms with Gasteiger partial charge in [-0.25, -0.2) is 4.98 Å². The number of aryl methyl sites for hydroxylation is 1. The van der Waals surface area contributed by atoms with Gasteiger partial charge < -0.3 is 10.4 Å². The molecule has 2 rings (SSSR count). The van der Waals surface area contributed by atoms with Gasteiger partial charge in [-0.05, 0) is 24.1 Å². The van der Waals surface area contributed by atoms with Gasteiger partial charge in [-0.3, -0.25) is 4.68 Å². The van der Waals surface area contributed by atoms with E-state index in [1.807, 2.05) is 19.2 Å². The number of benzene rings is 1. The number of hydrogen-bond acceptors (Lipinski definition) is 4. The van der Waals surface area contributed by atoms with Crippen LogP contribution in [0.5, 0.6) is 5.75 Å². The summed E-state index contributed by atoms with van der Waals surface area (Å²) < 4.78 is 1.69. The smallest absolute Gasteiger partial charge is 0.164 e. The second-order valence-corrected chi connectivity index (χ2v) is 4.27. The lowest BCUT2D eigenvalue weighted by Gasteiger charge is -2.16. The van der Waals surface area contributed by atoms with Crippen LogP contribution >= 0.6 is 0 Å². The molecule has 0 saturated carbocycles. The molecule has 0 spiro atoms. The second kappa shape index (κ2) is 5.64. The number of phenolic OH excluding ortho intramolecular Hbond substituents is 1. The third kappa shape index (κ3) is 3.07. The first kappa shape index (κ1) is 12.6. The second-order valence-electron chi connectivity index (χ2n) is 4.27. The number of aromatic hydroxyl groups is 1. The molecule has 0 bridgehead atoms. The fraction of sp³-hybridized carbons (Fsp3) is 0.385. The molecule has 5 nitrogen and oxygen atoms in total. The molecule has 0 fully saturated rings. The quantitative estimate of drug-likeness (QED) is 0.844. The van der Waals surface area contributed by atoms with Crippen molar-refractivity contribution in [1.82, 2.24) is 20.1 Å². The van der Waals surface area contributed by atoms with Gasteiger partial charge in [-0.1, -0.05) is 19.1 Å². The number of nitrogens with zero attached hydrogens (tertiary/aromatic N) is 3. The highest BCUT2D eigenvalue weighted by Crippen LogP contribution is 2.19. The van der Waals surface area contributed by atoms with Gasteiger partial charge in [-0.2, -0.15) is 5.10 Å². The lowest BCUT2D eigenvalue weighted by molar-refractivity contribution is 0.472. The van der Waals surface area contributed by atoms with E-state index in [4.69, 9.17) is 0 Å². The summed E-state index contributed by atoms with van der Waals surface area (Å²) in [6.07, 6.45) is 2.66. The summed E-state index contributed by atoms with van der Waals surface area (Å²) >= 11 is 0. The SMILES string of the molecule is CCC(NCc1ncn(C)n1)c1ccc(O)cc1. The Labute approximate surface area is 106 Å². The zero-order valence-corrected chi connectivity index (χ0v) is 10.7. The molecule has 1 aromatic heterocycles. The van der Waals surface area contributed by atoms with E-state index in [2.05, 4.69) is 22.3 Å². The van der Waals surface area contributed by atoms with Crippen molar-refractivity contribution in [2.75, 3.05) is 0 Å². The Bertz CT molecular complexity index is 492. The molecule has 5 heteroatoms. The van der Waals surface area contributed by atoms with Crippen molar-refractivity contribution < 1.29 is 5.11 Å². The number of aromatic nitrogens is 3. The summed E-state index contributed by atoms with van der Waals surface area (Å²) in [6.45, 7) is 2.76. The van der Waals surface area contributed by atoms with Crippen molar-refractivity contribution in [2.24, 2.45) is 7.05 Å². The van der Waals surface area contributed by atoms with Gasteiger partial charge in [0.2, 0.25) is 0 Å². The van der Waals surface area contributed by atoms with Crippen LogP contribution < -0.4 is 5.32 Å². The van der Waals surface area contributed by atoms with E-state index in [1.165, 1.54) is 0 Å². The molecule has 0 aliphatic rings. The Balaban J connectivity index is 1.99. The molecule has 1 aromatic carbocycles. The van der Waals surface area contributed by atoms with Crippen molar-refractivity contribution in [1.29, 1.82) is 0 Å². The van der Waals surface area contributed by atoms with Crippen molar-refractivity contribution in [3.8, 4) is 5.75 Å². The zero-order chi connectivity index (χ0) is 13.0. The van der Waals surface area contributed by atoms with Gasteiger partial charge in [0.1, 0.15) is 12.1 Å². The molecule has 18 heavy (non-hydrogen) atoms. The van der Waals surface area contributed by atoms with Crippen molar-refractivity contribution in [3.05, 3.63) is 42.0 Å². The van der Waals surface area contributed by atoms with E-state index < -0.39 is 0 Å². The highest BCUT2D eigenvalue weighted by molar-refractivity contribution is 5.27. The van der Waals surface area contributed by atoms with Gasteiger partial charge >= 0.3 is 0 Å². The maximum atomic E-state index is 9.28. The van der Waals surface area contributed by atoms with Crippen LogP contribution in [0.3, 0.4) is 0 Å². The average Bonchev–Trinajstić information content (AvgIpc) is 2.78. The summed E-state index contributed by atoms with van der Waals surface area (Å²) in [4.78, 5) is 4.18. The van der Waals surface area contributed by atoms with E-state index in [0.29, 0.717) is 12.3 Å². The normalized spacial score (nSPS) is 12.6. The van der Waals surface area contributed by atoms with Crippen LogP contribution in [0.1, 0.15) is 30.8 Å². The third-order valence-electron chi connectivity index (χ3n) is 2.86. The largest absolute Gasteiger partial charge is 0.508 e. The summed E-state index contributed by atoms with van der Waals surface area (Å²) in [6, 6.07) is 7.52. The summed E-state index contributed by atoms with van der Waals surface area (Å²) in [5, 5.41) is 16.9. The van der Waals surface area contributed by atoms with Gasteiger partial charge in [0.25, 0.3) is 0 Å². The molecule has 0 radical (unpaired) electrons. The summed E-state index contributed by atoms with van der Waals surface area (Å²) in [5.74, 6) is 1.08. The first-order valence-electron chi connectivity index (χ1n) is 6.06. The molecule has 1 atom stereocenters. The van der Waals surface area contributed by atoms with Crippen LogP contribution in [0.2, 0.25) is 0 Å². The lowest BCUT2D eigenvalue weighted by Crippen LogP contribution is -2.21. The molecular formula is C13H18N4O. The molecule has 0 aliphatic heterocycles. The third-order valence-corrected chi connectivity index (χ3v) is 2.86. The molecular weight excluding hydrogens is 228 g/mol. The summed E-state index contributed by atoms with van der Waals surface area (Å²) in [7, 11) is 1.85. The predicted molar refractivity (Wildman–Crippen MR) is 69.0 cm³/mol. The van der Waals surface area contributed by atoms with Crippen molar-refractivity contribution in [3.63, 3.8) is 0 Å². The van der Waals surface area contributed by atoms with Crippen LogP contribution in [-0.4, -0.2) is 19.9 Å². The molecule has 0 amide bonds. The van der Waals surface area contributed by atoms with Crippen molar-refractivity contribution in [2.45, 2.75) is 25.9 Å². The van der Waals surface area contributed by atoms with E-state index >= 15 is 0 Å². The maximum absolute atomic E-state index is 9.28. The molecule has 1 heterocycles. The maximum Gasteiger partial charge on any atom is 0.164 e. The first-order valence-corrected chi connectivity index (χ1v) is 6.06. The van der Waals surface area contributed by atoms with Crippen LogP contribution in [0.4, 0.5) is 0 Å².